The first-order valence-corrected chi connectivity index (χ1v) is 6.71. The van der Waals surface area contributed by atoms with Gasteiger partial charge in [0.2, 0.25) is 5.91 Å². The van der Waals surface area contributed by atoms with E-state index in [0.29, 0.717) is 25.4 Å². The van der Waals surface area contributed by atoms with Gasteiger partial charge in [-0.2, -0.15) is 5.10 Å². The van der Waals surface area contributed by atoms with Crippen molar-refractivity contribution >= 4 is 11.6 Å². The minimum absolute atomic E-state index is 0.0763. The van der Waals surface area contributed by atoms with Crippen molar-refractivity contribution in [3.63, 3.8) is 0 Å². The van der Waals surface area contributed by atoms with Crippen LogP contribution in [-0.2, 0) is 16.1 Å². The second kappa shape index (κ2) is 5.61. The van der Waals surface area contributed by atoms with Gasteiger partial charge in [0.1, 0.15) is 6.54 Å². The molecule has 1 aliphatic rings. The fourth-order valence-electron chi connectivity index (χ4n) is 2.29. The van der Waals surface area contributed by atoms with Gasteiger partial charge in [-0.1, -0.05) is 6.92 Å². The first-order valence-electron chi connectivity index (χ1n) is 6.71. The van der Waals surface area contributed by atoms with Gasteiger partial charge in [0.25, 0.3) is 0 Å². The number of nitrogen functional groups attached to an aromatic ring is 1. The van der Waals surface area contributed by atoms with Crippen LogP contribution in [0.2, 0.25) is 0 Å². The molecule has 6 nitrogen and oxygen atoms in total. The topological polar surface area (TPSA) is 73.4 Å². The number of nitrogens with two attached hydrogens (primary N) is 1. The van der Waals surface area contributed by atoms with E-state index in [9.17, 15) is 4.79 Å². The standard InChI is InChI=1S/C13H22N4O2/c1-4-11-7-16(5-6-19-11)12(18)8-17-10(3)13(14)9(2)15-17/h11H,4-8,14H2,1-3H3. The summed E-state index contributed by atoms with van der Waals surface area (Å²) in [5.41, 5.74) is 8.17. The van der Waals surface area contributed by atoms with Crippen LogP contribution in [0, 0.1) is 13.8 Å². The summed E-state index contributed by atoms with van der Waals surface area (Å²) in [6.07, 6.45) is 1.08. The second-order valence-corrected chi connectivity index (χ2v) is 4.98. The number of hydrogen-bond donors (Lipinski definition) is 1. The number of amides is 1. The molecule has 1 saturated heterocycles. The van der Waals surface area contributed by atoms with E-state index in [4.69, 9.17) is 10.5 Å². The molecule has 0 radical (unpaired) electrons. The van der Waals surface area contributed by atoms with E-state index in [1.807, 2.05) is 18.7 Å². The Hall–Kier alpha value is -1.56. The lowest BCUT2D eigenvalue weighted by molar-refractivity contribution is -0.139. The number of rotatable bonds is 3. The van der Waals surface area contributed by atoms with E-state index in [0.717, 1.165) is 17.8 Å². The molecule has 0 saturated carbocycles. The fraction of sp³-hybridized carbons (Fsp3) is 0.692. The van der Waals surface area contributed by atoms with Crippen LogP contribution in [0.4, 0.5) is 5.69 Å². The molecule has 2 N–H and O–H groups in total. The molecule has 2 rings (SSSR count). The summed E-state index contributed by atoms with van der Waals surface area (Å²) in [4.78, 5) is 14.1. The molecular weight excluding hydrogens is 244 g/mol. The van der Waals surface area contributed by atoms with Crippen LogP contribution in [0.3, 0.4) is 0 Å². The van der Waals surface area contributed by atoms with Gasteiger partial charge in [-0.15, -0.1) is 0 Å². The van der Waals surface area contributed by atoms with Crippen molar-refractivity contribution in [3.8, 4) is 0 Å². The van der Waals surface area contributed by atoms with Gasteiger partial charge >= 0.3 is 0 Å². The van der Waals surface area contributed by atoms with Crippen LogP contribution in [0.25, 0.3) is 0 Å². The Morgan fingerprint density at radius 3 is 2.84 bits per heavy atom. The maximum atomic E-state index is 12.3. The lowest BCUT2D eigenvalue weighted by atomic mass is 10.2. The van der Waals surface area contributed by atoms with Crippen molar-refractivity contribution in [2.75, 3.05) is 25.4 Å². The average molecular weight is 266 g/mol. The first-order chi connectivity index (χ1) is 9.02. The Labute approximate surface area is 113 Å². The number of morpholine rings is 1. The van der Waals surface area contributed by atoms with Gasteiger partial charge in [0.15, 0.2) is 0 Å². The molecule has 0 aromatic carbocycles. The molecule has 2 heterocycles. The Bertz CT molecular complexity index is 469. The lowest BCUT2D eigenvalue weighted by Crippen LogP contribution is -2.46. The predicted octanol–water partition coefficient (Wildman–Crippen LogP) is 0.720. The van der Waals surface area contributed by atoms with E-state index >= 15 is 0 Å². The number of nitrogens with zero attached hydrogens (tertiary/aromatic N) is 3. The SMILES string of the molecule is CCC1CN(C(=O)Cn2nc(C)c(N)c2C)CCO1. The highest BCUT2D eigenvalue weighted by Gasteiger charge is 2.24. The van der Waals surface area contributed by atoms with E-state index < -0.39 is 0 Å². The number of hydrogen-bond acceptors (Lipinski definition) is 4. The van der Waals surface area contributed by atoms with Crippen LogP contribution in [0.5, 0.6) is 0 Å². The van der Waals surface area contributed by atoms with Crippen LogP contribution in [0.1, 0.15) is 24.7 Å². The Morgan fingerprint density at radius 1 is 1.53 bits per heavy atom. The number of carbonyl (C=O) groups excluding carboxylic acids is 1. The highest BCUT2D eigenvalue weighted by molar-refractivity contribution is 5.76. The minimum atomic E-state index is 0.0763. The summed E-state index contributed by atoms with van der Waals surface area (Å²) >= 11 is 0. The molecule has 6 heteroatoms. The van der Waals surface area contributed by atoms with Crippen LogP contribution in [0.15, 0.2) is 0 Å². The van der Waals surface area contributed by atoms with E-state index in [-0.39, 0.29) is 18.6 Å². The van der Waals surface area contributed by atoms with Gasteiger partial charge in [-0.05, 0) is 20.3 Å². The van der Waals surface area contributed by atoms with Gasteiger partial charge in [-0.25, -0.2) is 0 Å². The third-order valence-corrected chi connectivity index (χ3v) is 3.67. The number of anilines is 1. The van der Waals surface area contributed by atoms with Crippen molar-refractivity contribution in [1.29, 1.82) is 0 Å². The van der Waals surface area contributed by atoms with Crippen molar-refractivity contribution in [2.45, 2.75) is 39.8 Å². The maximum absolute atomic E-state index is 12.3. The van der Waals surface area contributed by atoms with Crippen LogP contribution in [-0.4, -0.2) is 46.4 Å². The Morgan fingerprint density at radius 2 is 2.26 bits per heavy atom. The highest BCUT2D eigenvalue weighted by Crippen LogP contribution is 2.15. The average Bonchev–Trinajstić information content (AvgIpc) is 2.66. The molecule has 1 atom stereocenters. The summed E-state index contributed by atoms with van der Waals surface area (Å²) in [6.45, 7) is 8.00. The van der Waals surface area contributed by atoms with E-state index in [2.05, 4.69) is 12.0 Å². The molecule has 0 aliphatic carbocycles. The third-order valence-electron chi connectivity index (χ3n) is 3.67. The molecule has 1 aliphatic heterocycles. The number of aryl methyl sites for hydroxylation is 1. The molecule has 1 unspecified atom stereocenters. The van der Waals surface area contributed by atoms with E-state index in [1.165, 1.54) is 0 Å². The number of ether oxygens (including phenoxy) is 1. The zero-order chi connectivity index (χ0) is 14.0. The Kier molecular flexibility index (Phi) is 4.09. The summed E-state index contributed by atoms with van der Waals surface area (Å²) in [7, 11) is 0. The number of aromatic nitrogens is 2. The van der Waals surface area contributed by atoms with Crippen molar-refractivity contribution in [3.05, 3.63) is 11.4 Å². The van der Waals surface area contributed by atoms with Crippen LogP contribution < -0.4 is 5.73 Å². The molecule has 0 bridgehead atoms. The number of carbonyl (C=O) groups is 1. The molecule has 1 amide bonds. The first kappa shape index (κ1) is 13.9. The molecule has 19 heavy (non-hydrogen) atoms. The molecule has 106 valence electrons. The molecule has 1 aromatic heterocycles. The Balaban J connectivity index is 2.02. The zero-order valence-electron chi connectivity index (χ0n) is 11.8. The van der Waals surface area contributed by atoms with Crippen molar-refractivity contribution in [2.24, 2.45) is 0 Å². The zero-order valence-corrected chi connectivity index (χ0v) is 11.8. The summed E-state index contributed by atoms with van der Waals surface area (Å²) < 4.78 is 7.25. The normalized spacial score (nSPS) is 19.7. The molecule has 1 fully saturated rings. The maximum Gasteiger partial charge on any atom is 0.244 e. The summed E-state index contributed by atoms with van der Waals surface area (Å²) in [5.74, 6) is 0.0763. The van der Waals surface area contributed by atoms with E-state index in [1.54, 1.807) is 4.68 Å². The highest BCUT2D eigenvalue weighted by atomic mass is 16.5. The second-order valence-electron chi connectivity index (χ2n) is 4.98. The van der Waals surface area contributed by atoms with Gasteiger partial charge in [0.05, 0.1) is 29.8 Å². The molecule has 1 aromatic rings. The molecule has 0 spiro atoms. The lowest BCUT2D eigenvalue weighted by Gasteiger charge is -2.32. The monoisotopic (exact) mass is 266 g/mol. The fourth-order valence-corrected chi connectivity index (χ4v) is 2.29. The van der Waals surface area contributed by atoms with Gasteiger partial charge in [-0.3, -0.25) is 9.48 Å². The minimum Gasteiger partial charge on any atom is -0.396 e. The molecular formula is C13H22N4O2. The van der Waals surface area contributed by atoms with Crippen molar-refractivity contribution < 1.29 is 9.53 Å². The van der Waals surface area contributed by atoms with Gasteiger partial charge < -0.3 is 15.4 Å². The van der Waals surface area contributed by atoms with Crippen molar-refractivity contribution in [1.82, 2.24) is 14.7 Å². The largest absolute Gasteiger partial charge is 0.396 e. The third kappa shape index (κ3) is 2.89. The van der Waals surface area contributed by atoms with Gasteiger partial charge in [0, 0.05) is 13.1 Å². The quantitative estimate of drug-likeness (QED) is 0.875. The van der Waals surface area contributed by atoms with Crippen LogP contribution >= 0.6 is 0 Å². The smallest absolute Gasteiger partial charge is 0.244 e. The summed E-state index contributed by atoms with van der Waals surface area (Å²) in [6, 6.07) is 0. The predicted molar refractivity (Wildman–Crippen MR) is 72.7 cm³/mol. The summed E-state index contributed by atoms with van der Waals surface area (Å²) in [5, 5.41) is 4.30.